The summed E-state index contributed by atoms with van der Waals surface area (Å²) in [5.74, 6) is 0.522. The number of carbonyl (C=O) groups is 1. The lowest BCUT2D eigenvalue weighted by molar-refractivity contribution is 0.0973. The lowest BCUT2D eigenvalue weighted by atomic mass is 10.1. The first kappa shape index (κ1) is 16.3. The Hall–Kier alpha value is -0.780. The fourth-order valence-corrected chi connectivity index (χ4v) is 2.03. The standard InChI is InChI=1S/C15H21IO3/c1-2-3-4-5-6-7-12-18-15(17)19-14-10-8-13(16)9-11-14/h8-11H,2-7,12H2,1H3. The van der Waals surface area contributed by atoms with E-state index in [0.29, 0.717) is 12.4 Å². The highest BCUT2D eigenvalue weighted by Crippen LogP contribution is 2.14. The first-order valence-corrected chi connectivity index (χ1v) is 7.90. The molecule has 0 aliphatic carbocycles. The topological polar surface area (TPSA) is 35.5 Å². The van der Waals surface area contributed by atoms with Gasteiger partial charge in [0.1, 0.15) is 5.75 Å². The zero-order valence-electron chi connectivity index (χ0n) is 11.4. The second kappa shape index (κ2) is 10.1. The lowest BCUT2D eigenvalue weighted by Gasteiger charge is -2.06. The Morgan fingerprint density at radius 3 is 2.37 bits per heavy atom. The minimum absolute atomic E-state index is 0.440. The number of halogens is 1. The van der Waals surface area contributed by atoms with Crippen LogP contribution in [0.2, 0.25) is 0 Å². The van der Waals surface area contributed by atoms with Crippen molar-refractivity contribution in [3.63, 3.8) is 0 Å². The molecule has 0 amide bonds. The number of rotatable bonds is 8. The van der Waals surface area contributed by atoms with E-state index in [4.69, 9.17) is 9.47 Å². The SMILES string of the molecule is CCCCCCCCOC(=O)Oc1ccc(I)cc1. The van der Waals surface area contributed by atoms with Crippen LogP contribution in [0.4, 0.5) is 4.79 Å². The van der Waals surface area contributed by atoms with E-state index >= 15 is 0 Å². The van der Waals surface area contributed by atoms with Crippen molar-refractivity contribution in [3.8, 4) is 5.75 Å². The molecular formula is C15H21IO3. The summed E-state index contributed by atoms with van der Waals surface area (Å²) in [6.45, 7) is 2.64. The zero-order valence-corrected chi connectivity index (χ0v) is 13.5. The van der Waals surface area contributed by atoms with Gasteiger partial charge in [0.25, 0.3) is 0 Å². The fourth-order valence-electron chi connectivity index (χ4n) is 1.67. The van der Waals surface area contributed by atoms with Gasteiger partial charge in [0, 0.05) is 3.57 Å². The van der Waals surface area contributed by atoms with Crippen molar-refractivity contribution < 1.29 is 14.3 Å². The molecule has 19 heavy (non-hydrogen) atoms. The predicted molar refractivity (Wildman–Crippen MR) is 84.5 cm³/mol. The van der Waals surface area contributed by atoms with E-state index in [9.17, 15) is 4.79 Å². The van der Waals surface area contributed by atoms with E-state index in [2.05, 4.69) is 29.5 Å². The molecule has 0 spiro atoms. The highest BCUT2D eigenvalue weighted by Gasteiger charge is 2.05. The van der Waals surface area contributed by atoms with E-state index in [1.54, 1.807) is 12.1 Å². The molecule has 106 valence electrons. The van der Waals surface area contributed by atoms with Crippen LogP contribution >= 0.6 is 22.6 Å². The van der Waals surface area contributed by atoms with Gasteiger partial charge in [-0.3, -0.25) is 0 Å². The number of carbonyl (C=O) groups excluding carboxylic acids is 1. The number of unbranched alkanes of at least 4 members (excludes halogenated alkanes) is 5. The third-order valence-corrected chi connectivity index (χ3v) is 3.45. The molecule has 4 heteroatoms. The first-order chi connectivity index (χ1) is 9.22. The summed E-state index contributed by atoms with van der Waals surface area (Å²) in [7, 11) is 0. The van der Waals surface area contributed by atoms with E-state index in [-0.39, 0.29) is 0 Å². The number of ether oxygens (including phenoxy) is 2. The second-order valence-corrected chi connectivity index (χ2v) is 5.67. The Kier molecular flexibility index (Phi) is 8.62. The molecule has 0 bridgehead atoms. The molecule has 0 aliphatic heterocycles. The van der Waals surface area contributed by atoms with Gasteiger partial charge < -0.3 is 9.47 Å². The monoisotopic (exact) mass is 376 g/mol. The third kappa shape index (κ3) is 8.08. The van der Waals surface area contributed by atoms with Gasteiger partial charge in [-0.2, -0.15) is 0 Å². The van der Waals surface area contributed by atoms with E-state index < -0.39 is 6.16 Å². The van der Waals surface area contributed by atoms with Gasteiger partial charge in [0.2, 0.25) is 0 Å². The maximum atomic E-state index is 11.4. The van der Waals surface area contributed by atoms with E-state index in [0.717, 1.165) is 16.4 Å². The zero-order chi connectivity index (χ0) is 13.9. The highest BCUT2D eigenvalue weighted by atomic mass is 127. The minimum atomic E-state index is -0.616. The summed E-state index contributed by atoms with van der Waals surface area (Å²) < 4.78 is 11.2. The average molecular weight is 376 g/mol. The van der Waals surface area contributed by atoms with Gasteiger partial charge in [-0.05, 0) is 53.3 Å². The maximum absolute atomic E-state index is 11.4. The average Bonchev–Trinajstić information content (AvgIpc) is 2.40. The quantitative estimate of drug-likeness (QED) is 0.272. The van der Waals surface area contributed by atoms with Gasteiger partial charge >= 0.3 is 6.16 Å². The van der Waals surface area contributed by atoms with Gasteiger partial charge in [-0.1, -0.05) is 39.0 Å². The Morgan fingerprint density at radius 1 is 1.05 bits per heavy atom. The molecular weight excluding hydrogens is 355 g/mol. The molecule has 0 N–H and O–H groups in total. The second-order valence-electron chi connectivity index (χ2n) is 4.42. The van der Waals surface area contributed by atoms with Crippen LogP contribution in [0.1, 0.15) is 45.4 Å². The molecule has 3 nitrogen and oxygen atoms in total. The van der Waals surface area contributed by atoms with Gasteiger partial charge in [-0.25, -0.2) is 4.79 Å². The van der Waals surface area contributed by atoms with Crippen LogP contribution in [0.5, 0.6) is 5.75 Å². The summed E-state index contributed by atoms with van der Waals surface area (Å²) in [5.41, 5.74) is 0. The molecule has 1 aromatic rings. The van der Waals surface area contributed by atoms with Crippen molar-refractivity contribution in [1.29, 1.82) is 0 Å². The predicted octanol–water partition coefficient (Wildman–Crippen LogP) is 5.17. The third-order valence-electron chi connectivity index (χ3n) is 2.73. The molecule has 0 aliphatic rings. The summed E-state index contributed by atoms with van der Waals surface area (Å²) in [6, 6.07) is 7.29. The van der Waals surface area contributed by atoms with Gasteiger partial charge in [0.15, 0.2) is 0 Å². The van der Waals surface area contributed by atoms with Crippen molar-refractivity contribution in [2.75, 3.05) is 6.61 Å². The Morgan fingerprint density at radius 2 is 1.68 bits per heavy atom. The molecule has 0 atom stereocenters. The molecule has 0 saturated heterocycles. The Bertz CT molecular complexity index is 362. The number of benzene rings is 1. The van der Waals surface area contributed by atoms with Crippen LogP contribution in [0.3, 0.4) is 0 Å². The van der Waals surface area contributed by atoms with Crippen LogP contribution < -0.4 is 4.74 Å². The van der Waals surface area contributed by atoms with Crippen LogP contribution in [-0.4, -0.2) is 12.8 Å². The van der Waals surface area contributed by atoms with Crippen LogP contribution in [-0.2, 0) is 4.74 Å². The normalized spacial score (nSPS) is 10.2. The first-order valence-electron chi connectivity index (χ1n) is 6.82. The van der Waals surface area contributed by atoms with Crippen molar-refractivity contribution >= 4 is 28.7 Å². The molecule has 0 heterocycles. The summed E-state index contributed by atoms with van der Waals surface area (Å²) in [4.78, 5) is 11.4. The molecule has 1 rings (SSSR count). The molecule has 0 saturated carbocycles. The molecule has 0 aromatic heterocycles. The Labute approximate surface area is 128 Å². The molecule has 0 unspecified atom stereocenters. The van der Waals surface area contributed by atoms with Crippen molar-refractivity contribution in [3.05, 3.63) is 27.8 Å². The summed E-state index contributed by atoms with van der Waals surface area (Å²) in [5, 5.41) is 0. The van der Waals surface area contributed by atoms with Crippen molar-refractivity contribution in [2.45, 2.75) is 45.4 Å². The molecule has 0 fully saturated rings. The van der Waals surface area contributed by atoms with Gasteiger partial charge in [-0.15, -0.1) is 0 Å². The Balaban J connectivity index is 2.06. The fraction of sp³-hybridized carbons (Fsp3) is 0.533. The lowest BCUT2D eigenvalue weighted by Crippen LogP contribution is -2.11. The molecule has 0 radical (unpaired) electrons. The van der Waals surface area contributed by atoms with E-state index in [1.165, 1.54) is 25.7 Å². The molecule has 1 aromatic carbocycles. The minimum Gasteiger partial charge on any atom is -0.434 e. The highest BCUT2D eigenvalue weighted by molar-refractivity contribution is 14.1. The number of hydrogen-bond acceptors (Lipinski definition) is 3. The van der Waals surface area contributed by atoms with Crippen molar-refractivity contribution in [1.82, 2.24) is 0 Å². The van der Waals surface area contributed by atoms with E-state index in [1.807, 2.05) is 12.1 Å². The summed E-state index contributed by atoms with van der Waals surface area (Å²) in [6.07, 6.45) is 6.42. The largest absolute Gasteiger partial charge is 0.513 e. The maximum Gasteiger partial charge on any atom is 0.513 e. The van der Waals surface area contributed by atoms with Crippen LogP contribution in [0.25, 0.3) is 0 Å². The van der Waals surface area contributed by atoms with Gasteiger partial charge in [0.05, 0.1) is 6.61 Å². The number of hydrogen-bond donors (Lipinski definition) is 0. The van der Waals surface area contributed by atoms with Crippen LogP contribution in [0, 0.1) is 3.57 Å². The summed E-state index contributed by atoms with van der Waals surface area (Å²) >= 11 is 2.20. The van der Waals surface area contributed by atoms with Crippen LogP contribution in [0.15, 0.2) is 24.3 Å². The smallest absolute Gasteiger partial charge is 0.434 e. The van der Waals surface area contributed by atoms with Crippen molar-refractivity contribution in [2.24, 2.45) is 0 Å².